The Morgan fingerprint density at radius 3 is 2.81 bits per heavy atom. The second-order valence-electron chi connectivity index (χ2n) is 7.97. The summed E-state index contributed by atoms with van der Waals surface area (Å²) in [5, 5.41) is 4.06. The Morgan fingerprint density at radius 2 is 2.00 bits per heavy atom. The summed E-state index contributed by atoms with van der Waals surface area (Å²) in [6, 6.07) is 9.43. The van der Waals surface area contributed by atoms with Gasteiger partial charge in [-0.25, -0.2) is 0 Å². The first-order valence-corrected chi connectivity index (χ1v) is 9.69. The smallest absolute Gasteiger partial charge is 0.245 e. The van der Waals surface area contributed by atoms with Gasteiger partial charge >= 0.3 is 0 Å². The van der Waals surface area contributed by atoms with Crippen molar-refractivity contribution in [2.45, 2.75) is 38.9 Å². The minimum atomic E-state index is -0.391. The number of hydrogen-bond donors (Lipinski definition) is 1. The highest BCUT2D eigenvalue weighted by Gasteiger charge is 2.43. The fourth-order valence-corrected chi connectivity index (χ4v) is 4.17. The Balaban J connectivity index is 1.48. The number of aromatic nitrogens is 1. The van der Waals surface area contributed by atoms with Crippen LogP contribution in [0, 0.1) is 5.92 Å². The minimum Gasteiger partial charge on any atom is -0.342 e. The van der Waals surface area contributed by atoms with Gasteiger partial charge in [0.15, 0.2) is 0 Å². The molecule has 0 bridgehead atoms. The van der Waals surface area contributed by atoms with Crippen molar-refractivity contribution >= 4 is 22.7 Å². The summed E-state index contributed by atoms with van der Waals surface area (Å²) < 4.78 is 0. The van der Waals surface area contributed by atoms with Crippen LogP contribution in [0.3, 0.4) is 0 Å². The first kappa shape index (κ1) is 17.9. The topological polar surface area (TPSA) is 65.5 Å². The molecule has 2 saturated heterocycles. The van der Waals surface area contributed by atoms with Gasteiger partial charge in [-0.15, -0.1) is 0 Å². The fraction of sp³-hybridized carbons (Fsp3) is 0.476. The number of nitrogens with one attached hydrogen (secondary N) is 1. The van der Waals surface area contributed by atoms with E-state index in [1.165, 1.54) is 0 Å². The lowest BCUT2D eigenvalue weighted by atomic mass is 9.97. The zero-order valence-corrected chi connectivity index (χ0v) is 15.9. The van der Waals surface area contributed by atoms with Crippen LogP contribution in [0.4, 0.5) is 0 Å². The van der Waals surface area contributed by atoms with Crippen molar-refractivity contribution in [3.8, 4) is 0 Å². The van der Waals surface area contributed by atoms with Crippen LogP contribution in [0.15, 0.2) is 36.5 Å². The van der Waals surface area contributed by atoms with E-state index in [1.54, 1.807) is 4.90 Å². The molecule has 4 rings (SSSR count). The number of hydrogen-bond acceptors (Lipinski definition) is 4. The zero-order valence-electron chi connectivity index (χ0n) is 15.9. The molecule has 2 amide bonds. The van der Waals surface area contributed by atoms with E-state index in [-0.39, 0.29) is 17.9 Å². The lowest BCUT2D eigenvalue weighted by Crippen LogP contribution is -2.69. The van der Waals surface area contributed by atoms with E-state index in [9.17, 15) is 9.59 Å². The quantitative estimate of drug-likeness (QED) is 0.896. The maximum Gasteiger partial charge on any atom is 0.245 e. The van der Waals surface area contributed by atoms with E-state index in [1.807, 2.05) is 18.3 Å². The molecule has 2 aromatic rings. The third kappa shape index (κ3) is 3.54. The Bertz CT molecular complexity index is 861. The largest absolute Gasteiger partial charge is 0.342 e. The molecule has 6 nitrogen and oxygen atoms in total. The van der Waals surface area contributed by atoms with Crippen molar-refractivity contribution in [2.75, 3.05) is 19.6 Å². The molecule has 2 aliphatic rings. The van der Waals surface area contributed by atoms with Crippen LogP contribution in [0.1, 0.15) is 25.8 Å². The van der Waals surface area contributed by atoms with E-state index < -0.39 is 6.04 Å². The first-order valence-electron chi connectivity index (χ1n) is 9.69. The minimum absolute atomic E-state index is 0.0269. The van der Waals surface area contributed by atoms with Crippen LogP contribution in [-0.4, -0.2) is 58.3 Å². The molecule has 142 valence electrons. The molecule has 0 saturated carbocycles. The Morgan fingerprint density at radius 1 is 1.19 bits per heavy atom. The zero-order chi connectivity index (χ0) is 19.0. The molecule has 6 heteroatoms. The first-order chi connectivity index (χ1) is 13.0. The van der Waals surface area contributed by atoms with E-state index in [4.69, 9.17) is 0 Å². The number of piperazine rings is 2. The molecule has 2 aliphatic heterocycles. The summed E-state index contributed by atoms with van der Waals surface area (Å²) in [5.74, 6) is 0.414. The number of amides is 2. The van der Waals surface area contributed by atoms with Gasteiger partial charge in [0.1, 0.15) is 12.1 Å². The standard InChI is InChI=1S/C21H26N4O2/c1-14(2)11-17-21(27)25-10-9-24(13-18(25)20(26)23-17)12-16-6-3-5-15-7-4-8-22-19(15)16/h3-8,14,17-18H,9-13H2,1-2H3,(H,23,26)/t17-,18-/m1/s1. The van der Waals surface area contributed by atoms with Crippen LogP contribution in [0.2, 0.25) is 0 Å². The van der Waals surface area contributed by atoms with Gasteiger partial charge < -0.3 is 10.2 Å². The molecule has 2 fully saturated rings. The molecule has 0 aliphatic carbocycles. The van der Waals surface area contributed by atoms with Crippen molar-refractivity contribution in [2.24, 2.45) is 5.92 Å². The van der Waals surface area contributed by atoms with E-state index in [2.05, 4.69) is 47.2 Å². The number of carbonyl (C=O) groups is 2. The number of benzene rings is 1. The van der Waals surface area contributed by atoms with Crippen LogP contribution >= 0.6 is 0 Å². The second kappa shape index (κ2) is 7.27. The van der Waals surface area contributed by atoms with Crippen molar-refractivity contribution in [1.82, 2.24) is 20.1 Å². The van der Waals surface area contributed by atoms with Crippen LogP contribution in [-0.2, 0) is 16.1 Å². The third-order valence-electron chi connectivity index (χ3n) is 5.48. The van der Waals surface area contributed by atoms with Gasteiger partial charge in [0.2, 0.25) is 11.8 Å². The number of rotatable bonds is 4. The number of para-hydroxylation sites is 1. The summed E-state index contributed by atoms with van der Waals surface area (Å²) in [4.78, 5) is 33.9. The van der Waals surface area contributed by atoms with Crippen LogP contribution in [0.5, 0.6) is 0 Å². The molecular weight excluding hydrogens is 340 g/mol. The van der Waals surface area contributed by atoms with Crippen LogP contribution in [0.25, 0.3) is 10.9 Å². The van der Waals surface area contributed by atoms with Crippen LogP contribution < -0.4 is 5.32 Å². The summed E-state index contributed by atoms with van der Waals surface area (Å²) in [5.41, 5.74) is 2.16. The maximum absolute atomic E-state index is 12.8. The van der Waals surface area contributed by atoms with Crippen molar-refractivity contribution in [3.63, 3.8) is 0 Å². The highest BCUT2D eigenvalue weighted by Crippen LogP contribution is 2.23. The normalized spacial score (nSPS) is 23.6. The summed E-state index contributed by atoms with van der Waals surface area (Å²) in [6.45, 7) is 6.81. The molecule has 1 N–H and O–H groups in total. The van der Waals surface area contributed by atoms with Crippen molar-refractivity contribution in [3.05, 3.63) is 42.1 Å². The van der Waals surface area contributed by atoms with E-state index in [0.29, 0.717) is 25.4 Å². The highest BCUT2D eigenvalue weighted by molar-refractivity contribution is 5.97. The summed E-state index contributed by atoms with van der Waals surface area (Å²) in [7, 11) is 0. The van der Waals surface area contributed by atoms with Gasteiger partial charge in [-0.1, -0.05) is 38.1 Å². The predicted octanol–water partition coefficient (Wildman–Crippen LogP) is 1.79. The average Bonchev–Trinajstić information content (AvgIpc) is 2.66. The number of nitrogens with zero attached hydrogens (tertiary/aromatic N) is 3. The molecular formula is C21H26N4O2. The van der Waals surface area contributed by atoms with E-state index in [0.717, 1.165) is 29.6 Å². The van der Waals surface area contributed by atoms with Gasteiger partial charge in [0.05, 0.1) is 5.52 Å². The third-order valence-corrected chi connectivity index (χ3v) is 5.48. The number of fused-ring (bicyclic) bond motifs is 2. The number of pyridine rings is 1. The predicted molar refractivity (Wildman–Crippen MR) is 104 cm³/mol. The highest BCUT2D eigenvalue weighted by atomic mass is 16.2. The Labute approximate surface area is 159 Å². The fourth-order valence-electron chi connectivity index (χ4n) is 4.17. The van der Waals surface area contributed by atoms with Gasteiger partial charge in [0, 0.05) is 37.8 Å². The summed E-state index contributed by atoms with van der Waals surface area (Å²) in [6.07, 6.45) is 2.51. The summed E-state index contributed by atoms with van der Waals surface area (Å²) >= 11 is 0. The second-order valence-corrected chi connectivity index (χ2v) is 7.97. The maximum atomic E-state index is 12.8. The Hall–Kier alpha value is -2.47. The lowest BCUT2D eigenvalue weighted by Gasteiger charge is -2.45. The van der Waals surface area contributed by atoms with Crippen molar-refractivity contribution in [1.29, 1.82) is 0 Å². The van der Waals surface area contributed by atoms with E-state index >= 15 is 0 Å². The molecule has 27 heavy (non-hydrogen) atoms. The molecule has 1 aromatic carbocycles. The monoisotopic (exact) mass is 366 g/mol. The number of carbonyl (C=O) groups excluding carboxylic acids is 2. The average molecular weight is 366 g/mol. The van der Waals surface area contributed by atoms with Gasteiger partial charge in [-0.3, -0.25) is 19.5 Å². The molecule has 0 unspecified atom stereocenters. The van der Waals surface area contributed by atoms with Crippen molar-refractivity contribution < 1.29 is 9.59 Å². The molecule has 0 spiro atoms. The van der Waals surface area contributed by atoms with Gasteiger partial charge in [-0.2, -0.15) is 0 Å². The van der Waals surface area contributed by atoms with Gasteiger partial charge in [-0.05, 0) is 24.0 Å². The molecule has 1 aromatic heterocycles. The SMILES string of the molecule is CC(C)C[C@H]1NC(=O)[C@H]2CN(Cc3cccc4cccnc34)CCN2C1=O. The molecule has 0 radical (unpaired) electrons. The van der Waals surface area contributed by atoms with Gasteiger partial charge in [0.25, 0.3) is 0 Å². The molecule has 3 heterocycles. The lowest BCUT2D eigenvalue weighted by molar-refractivity contribution is -0.153. The molecule has 2 atom stereocenters. The Kier molecular flexibility index (Phi) is 4.83.